The number of nitrogens with zero attached hydrogens (tertiary/aromatic N) is 4. The van der Waals surface area contributed by atoms with E-state index in [1.807, 2.05) is 36.4 Å². The highest BCUT2D eigenvalue weighted by molar-refractivity contribution is 6.30. The molecular weight excluding hydrogens is 374 g/mol. The van der Waals surface area contributed by atoms with Crippen LogP contribution in [0.3, 0.4) is 0 Å². The van der Waals surface area contributed by atoms with Crippen LogP contribution in [0.4, 0.5) is 5.95 Å². The number of amides is 1. The predicted molar refractivity (Wildman–Crippen MR) is 111 cm³/mol. The molecule has 0 saturated carbocycles. The lowest BCUT2D eigenvalue weighted by Crippen LogP contribution is -2.29. The molecule has 0 unspecified atom stereocenters. The van der Waals surface area contributed by atoms with Gasteiger partial charge in [0.15, 0.2) is 0 Å². The highest BCUT2D eigenvalue weighted by Crippen LogP contribution is 2.10. The third-order valence-corrected chi connectivity index (χ3v) is 4.59. The highest BCUT2D eigenvalue weighted by Gasteiger charge is 2.12. The Morgan fingerprint density at radius 2 is 1.64 bits per heavy atom. The van der Waals surface area contributed by atoms with Gasteiger partial charge in [-0.3, -0.25) is 9.78 Å². The van der Waals surface area contributed by atoms with E-state index in [1.54, 1.807) is 36.7 Å². The summed E-state index contributed by atoms with van der Waals surface area (Å²) in [5, 5.41) is 3.89. The first-order chi connectivity index (χ1) is 13.6. The molecular formula is C21H22ClN5O. The Hall–Kier alpha value is -2.99. The van der Waals surface area contributed by atoms with Crippen molar-refractivity contribution in [2.75, 3.05) is 25.5 Å². The molecule has 0 saturated heterocycles. The minimum atomic E-state index is -0.0956. The fourth-order valence-electron chi connectivity index (χ4n) is 2.67. The number of likely N-dealkylation sites (N-methyl/N-ethyl adjacent to an activating group) is 1. The number of benzene rings is 1. The number of anilines is 1. The summed E-state index contributed by atoms with van der Waals surface area (Å²) in [7, 11) is 1.78. The molecule has 7 heteroatoms. The second kappa shape index (κ2) is 9.80. The zero-order valence-electron chi connectivity index (χ0n) is 15.7. The minimum absolute atomic E-state index is 0.0956. The summed E-state index contributed by atoms with van der Waals surface area (Å²) in [6.07, 6.45) is 8.23. The van der Waals surface area contributed by atoms with Gasteiger partial charge in [-0.15, -0.1) is 0 Å². The van der Waals surface area contributed by atoms with E-state index in [0.717, 1.165) is 23.4 Å². The summed E-state index contributed by atoms with van der Waals surface area (Å²) in [6.45, 7) is 1.31. The lowest BCUT2D eigenvalue weighted by atomic mass is 10.1. The van der Waals surface area contributed by atoms with Crippen molar-refractivity contribution >= 4 is 23.5 Å². The molecule has 1 N–H and O–H groups in total. The van der Waals surface area contributed by atoms with Crippen LogP contribution in [0.25, 0.3) is 0 Å². The van der Waals surface area contributed by atoms with Gasteiger partial charge in [0.1, 0.15) is 0 Å². The Kier molecular flexibility index (Phi) is 6.92. The average Bonchev–Trinajstić information content (AvgIpc) is 2.74. The molecule has 0 atom stereocenters. The van der Waals surface area contributed by atoms with E-state index in [4.69, 9.17) is 11.6 Å². The molecule has 3 aromatic rings. The van der Waals surface area contributed by atoms with Crippen LogP contribution in [0.15, 0.2) is 61.2 Å². The predicted octanol–water partition coefficient (Wildman–Crippen LogP) is 3.49. The summed E-state index contributed by atoms with van der Waals surface area (Å²) in [4.78, 5) is 26.7. The third-order valence-electron chi connectivity index (χ3n) is 4.34. The van der Waals surface area contributed by atoms with Crippen LogP contribution in [-0.2, 0) is 12.8 Å². The summed E-state index contributed by atoms with van der Waals surface area (Å²) < 4.78 is 0. The molecule has 1 amide bonds. The largest absolute Gasteiger partial charge is 0.354 e. The van der Waals surface area contributed by atoms with Gasteiger partial charge in [-0.25, -0.2) is 9.97 Å². The van der Waals surface area contributed by atoms with Crippen molar-refractivity contribution in [2.45, 2.75) is 12.8 Å². The maximum Gasteiger partial charge on any atom is 0.256 e. The number of halogens is 1. The summed E-state index contributed by atoms with van der Waals surface area (Å²) in [5.41, 5.74) is 2.80. The molecule has 2 heterocycles. The van der Waals surface area contributed by atoms with Gasteiger partial charge in [-0.2, -0.15) is 0 Å². The molecule has 0 fully saturated rings. The summed E-state index contributed by atoms with van der Waals surface area (Å²) >= 11 is 5.89. The maximum atomic E-state index is 12.5. The molecule has 2 aromatic heterocycles. The second-order valence-electron chi connectivity index (χ2n) is 6.43. The Bertz CT molecular complexity index is 885. The second-order valence-corrected chi connectivity index (χ2v) is 6.87. The molecule has 1 aromatic carbocycles. The monoisotopic (exact) mass is 395 g/mol. The lowest BCUT2D eigenvalue weighted by Gasteiger charge is -2.17. The van der Waals surface area contributed by atoms with Gasteiger partial charge in [0, 0.05) is 49.9 Å². The first-order valence-corrected chi connectivity index (χ1v) is 9.44. The quantitative estimate of drug-likeness (QED) is 0.632. The van der Waals surface area contributed by atoms with Crippen LogP contribution < -0.4 is 5.32 Å². The Labute approximate surface area is 169 Å². The zero-order chi connectivity index (χ0) is 19.8. The first-order valence-electron chi connectivity index (χ1n) is 9.06. The van der Waals surface area contributed by atoms with E-state index in [1.165, 1.54) is 5.56 Å². The molecule has 144 valence electrons. The van der Waals surface area contributed by atoms with Crippen LogP contribution >= 0.6 is 11.6 Å². The van der Waals surface area contributed by atoms with Gasteiger partial charge in [0.05, 0.1) is 5.56 Å². The lowest BCUT2D eigenvalue weighted by molar-refractivity contribution is 0.0796. The van der Waals surface area contributed by atoms with Crippen LogP contribution in [0.5, 0.6) is 0 Å². The van der Waals surface area contributed by atoms with Crippen molar-refractivity contribution in [3.05, 3.63) is 82.9 Å². The van der Waals surface area contributed by atoms with Crippen LogP contribution in [-0.4, -0.2) is 45.9 Å². The van der Waals surface area contributed by atoms with E-state index in [2.05, 4.69) is 20.3 Å². The Balaban J connectivity index is 1.47. The Morgan fingerprint density at radius 3 is 2.32 bits per heavy atom. The van der Waals surface area contributed by atoms with E-state index in [9.17, 15) is 4.79 Å². The van der Waals surface area contributed by atoms with Crippen molar-refractivity contribution in [1.29, 1.82) is 0 Å². The molecule has 0 aliphatic carbocycles. The van der Waals surface area contributed by atoms with Gasteiger partial charge in [0.2, 0.25) is 5.95 Å². The Morgan fingerprint density at radius 1 is 1.00 bits per heavy atom. The topological polar surface area (TPSA) is 71.0 Å². The van der Waals surface area contributed by atoms with Gasteiger partial charge in [0.25, 0.3) is 5.91 Å². The molecule has 0 aliphatic heterocycles. The van der Waals surface area contributed by atoms with Crippen molar-refractivity contribution in [2.24, 2.45) is 0 Å². The first kappa shape index (κ1) is 19.8. The number of nitrogens with one attached hydrogen (secondary N) is 1. The molecule has 6 nitrogen and oxygen atoms in total. The van der Waals surface area contributed by atoms with E-state index in [0.29, 0.717) is 24.6 Å². The number of hydrogen-bond donors (Lipinski definition) is 1. The molecule has 0 bridgehead atoms. The number of pyridine rings is 1. The van der Waals surface area contributed by atoms with Gasteiger partial charge < -0.3 is 10.2 Å². The number of aromatic nitrogens is 3. The average molecular weight is 396 g/mol. The van der Waals surface area contributed by atoms with Crippen LogP contribution in [0, 0.1) is 0 Å². The zero-order valence-corrected chi connectivity index (χ0v) is 16.4. The summed E-state index contributed by atoms with van der Waals surface area (Å²) in [5.74, 6) is 0.409. The van der Waals surface area contributed by atoms with Crippen molar-refractivity contribution in [3.63, 3.8) is 0 Å². The van der Waals surface area contributed by atoms with Gasteiger partial charge in [-0.05, 0) is 48.2 Å². The third kappa shape index (κ3) is 5.76. The van der Waals surface area contributed by atoms with Crippen molar-refractivity contribution < 1.29 is 4.79 Å². The van der Waals surface area contributed by atoms with E-state index >= 15 is 0 Å². The van der Waals surface area contributed by atoms with Crippen molar-refractivity contribution in [3.8, 4) is 0 Å². The molecule has 0 aliphatic rings. The fraction of sp³-hybridized carbons (Fsp3) is 0.238. The fourth-order valence-corrected chi connectivity index (χ4v) is 2.79. The summed E-state index contributed by atoms with van der Waals surface area (Å²) in [6, 6.07) is 11.6. The smallest absolute Gasteiger partial charge is 0.256 e. The molecule has 28 heavy (non-hydrogen) atoms. The standard InChI is InChI=1S/C21H22ClN5O/c1-27(13-9-17-6-10-23-11-7-17)20(28)18-14-25-21(26-15-18)24-12-8-16-2-4-19(22)5-3-16/h2-7,10-11,14-15H,8-9,12-13H2,1H3,(H,24,25,26). The van der Waals surface area contributed by atoms with E-state index in [-0.39, 0.29) is 5.91 Å². The maximum absolute atomic E-state index is 12.5. The number of rotatable bonds is 8. The van der Waals surface area contributed by atoms with Gasteiger partial charge in [-0.1, -0.05) is 23.7 Å². The normalized spacial score (nSPS) is 10.5. The number of carbonyl (C=O) groups excluding carboxylic acids is 1. The van der Waals surface area contributed by atoms with Gasteiger partial charge >= 0.3 is 0 Å². The minimum Gasteiger partial charge on any atom is -0.354 e. The number of carbonyl (C=O) groups is 1. The van der Waals surface area contributed by atoms with E-state index < -0.39 is 0 Å². The molecule has 0 spiro atoms. The molecule has 0 radical (unpaired) electrons. The van der Waals surface area contributed by atoms with Crippen LogP contribution in [0.2, 0.25) is 5.02 Å². The van der Waals surface area contributed by atoms with Crippen molar-refractivity contribution in [1.82, 2.24) is 19.9 Å². The molecule has 3 rings (SSSR count). The SMILES string of the molecule is CN(CCc1ccncc1)C(=O)c1cnc(NCCc2ccc(Cl)cc2)nc1. The number of hydrogen-bond acceptors (Lipinski definition) is 5. The van der Waals surface area contributed by atoms with Crippen LogP contribution in [0.1, 0.15) is 21.5 Å². The highest BCUT2D eigenvalue weighted by atomic mass is 35.5.